The first-order valence-corrected chi connectivity index (χ1v) is 5.17. The van der Waals surface area contributed by atoms with Gasteiger partial charge in [0.05, 0.1) is 12.6 Å². The Morgan fingerprint density at radius 1 is 1.50 bits per heavy atom. The Hall–Kier alpha value is -2.68. The van der Waals surface area contributed by atoms with E-state index in [1.165, 1.54) is 18.3 Å². The van der Waals surface area contributed by atoms with Crippen LogP contribution in [0.15, 0.2) is 30.5 Å². The molecule has 1 aromatic heterocycles. The van der Waals surface area contributed by atoms with Gasteiger partial charge in [0.25, 0.3) is 0 Å². The summed E-state index contributed by atoms with van der Waals surface area (Å²) in [5, 5.41) is 17.3. The fraction of sp³-hybridized carbons (Fsp3) is 0.0833. The van der Waals surface area contributed by atoms with Gasteiger partial charge in [-0.25, -0.2) is 4.39 Å². The minimum Gasteiger partial charge on any atom is -0.310 e. The van der Waals surface area contributed by atoms with E-state index in [0.29, 0.717) is 5.56 Å². The van der Waals surface area contributed by atoms with Gasteiger partial charge in [0, 0.05) is 0 Å². The van der Waals surface area contributed by atoms with Crippen LogP contribution < -0.4 is 5.32 Å². The van der Waals surface area contributed by atoms with Crippen LogP contribution in [0.2, 0.25) is 0 Å². The third-order valence-electron chi connectivity index (χ3n) is 2.33. The van der Waals surface area contributed by atoms with Crippen molar-refractivity contribution in [1.82, 2.24) is 10.2 Å². The number of aromatic nitrogens is 2. The molecule has 90 valence electrons. The molecule has 6 heteroatoms. The molecule has 0 fully saturated rings. The number of nitrogens with one attached hydrogen (secondary N) is 2. The van der Waals surface area contributed by atoms with E-state index >= 15 is 0 Å². The van der Waals surface area contributed by atoms with Gasteiger partial charge in [-0.1, -0.05) is 18.2 Å². The number of hydrogen-bond acceptors (Lipinski definition) is 3. The highest BCUT2D eigenvalue weighted by Crippen LogP contribution is 2.11. The lowest BCUT2D eigenvalue weighted by atomic mass is 10.1. The van der Waals surface area contributed by atoms with Crippen LogP contribution in [0.25, 0.3) is 0 Å². The van der Waals surface area contributed by atoms with Crippen molar-refractivity contribution in [3.8, 4) is 6.07 Å². The Balaban J connectivity index is 2.06. The zero-order valence-electron chi connectivity index (χ0n) is 9.27. The molecule has 18 heavy (non-hydrogen) atoms. The molecular formula is C12H9FN4O. The summed E-state index contributed by atoms with van der Waals surface area (Å²) in [4.78, 5) is 11.7. The van der Waals surface area contributed by atoms with Gasteiger partial charge in [0.2, 0.25) is 5.91 Å². The molecule has 1 aromatic carbocycles. The number of anilines is 1. The average Bonchev–Trinajstić information content (AvgIpc) is 2.79. The van der Waals surface area contributed by atoms with Gasteiger partial charge in [-0.05, 0) is 11.6 Å². The second-order valence-electron chi connectivity index (χ2n) is 3.59. The van der Waals surface area contributed by atoms with Crippen molar-refractivity contribution in [3.05, 3.63) is 47.4 Å². The van der Waals surface area contributed by atoms with E-state index in [0.717, 1.165) is 0 Å². The van der Waals surface area contributed by atoms with Crippen molar-refractivity contribution in [1.29, 1.82) is 5.26 Å². The van der Waals surface area contributed by atoms with Crippen molar-refractivity contribution in [2.45, 2.75) is 6.42 Å². The van der Waals surface area contributed by atoms with Gasteiger partial charge in [-0.15, -0.1) is 0 Å². The minimum absolute atomic E-state index is 0.101. The smallest absolute Gasteiger partial charge is 0.230 e. The van der Waals surface area contributed by atoms with Gasteiger partial charge >= 0.3 is 0 Å². The maximum Gasteiger partial charge on any atom is 0.230 e. The molecule has 0 unspecified atom stereocenters. The fourth-order valence-corrected chi connectivity index (χ4v) is 1.46. The second-order valence-corrected chi connectivity index (χ2v) is 3.59. The number of H-pyrrole nitrogens is 1. The maximum absolute atomic E-state index is 13.3. The van der Waals surface area contributed by atoms with Crippen LogP contribution in [0.4, 0.5) is 10.2 Å². The summed E-state index contributed by atoms with van der Waals surface area (Å²) in [6.07, 6.45) is 1.20. The topological polar surface area (TPSA) is 81.6 Å². The standard InChI is InChI=1S/C12H9FN4O/c13-10-4-2-1-3-8(10)5-11(18)16-12-9(6-14)7-15-17-12/h1-4,7H,5H2,(H2,15,16,17,18). The van der Waals surface area contributed by atoms with Crippen molar-refractivity contribution in [2.75, 3.05) is 5.32 Å². The molecule has 1 amide bonds. The first-order chi connectivity index (χ1) is 8.70. The highest BCUT2D eigenvalue weighted by molar-refractivity contribution is 5.92. The Morgan fingerprint density at radius 2 is 2.28 bits per heavy atom. The summed E-state index contributed by atoms with van der Waals surface area (Å²) in [7, 11) is 0. The van der Waals surface area contributed by atoms with E-state index in [9.17, 15) is 9.18 Å². The van der Waals surface area contributed by atoms with Gasteiger partial charge in [-0.2, -0.15) is 10.4 Å². The molecule has 0 aliphatic carbocycles. The van der Waals surface area contributed by atoms with E-state index in [4.69, 9.17) is 5.26 Å². The molecule has 0 aliphatic rings. The van der Waals surface area contributed by atoms with Crippen molar-refractivity contribution >= 4 is 11.7 Å². The van der Waals surface area contributed by atoms with E-state index < -0.39 is 11.7 Å². The Bertz CT molecular complexity index is 609. The highest BCUT2D eigenvalue weighted by atomic mass is 19.1. The van der Waals surface area contributed by atoms with Crippen molar-refractivity contribution in [2.24, 2.45) is 0 Å². The molecule has 5 nitrogen and oxygen atoms in total. The summed E-state index contributed by atoms with van der Waals surface area (Å²) in [5.74, 6) is -0.627. The Kier molecular flexibility index (Phi) is 3.34. The van der Waals surface area contributed by atoms with E-state index in [1.54, 1.807) is 12.1 Å². The number of rotatable bonds is 3. The lowest BCUT2D eigenvalue weighted by molar-refractivity contribution is -0.115. The summed E-state index contributed by atoms with van der Waals surface area (Å²) in [5.41, 5.74) is 0.532. The summed E-state index contributed by atoms with van der Waals surface area (Å²) in [6, 6.07) is 7.91. The number of carbonyl (C=O) groups excluding carboxylic acids is 1. The molecule has 0 atom stereocenters. The SMILES string of the molecule is N#Cc1cn[nH]c1NC(=O)Cc1ccccc1F. The molecule has 2 rings (SSSR count). The molecular weight excluding hydrogens is 235 g/mol. The van der Waals surface area contributed by atoms with Crippen LogP contribution in [0.5, 0.6) is 0 Å². The minimum atomic E-state index is -0.433. The van der Waals surface area contributed by atoms with Crippen molar-refractivity contribution in [3.63, 3.8) is 0 Å². The monoisotopic (exact) mass is 244 g/mol. The number of halogens is 1. The van der Waals surface area contributed by atoms with Crippen molar-refractivity contribution < 1.29 is 9.18 Å². The molecule has 2 N–H and O–H groups in total. The number of nitrogens with zero attached hydrogens (tertiary/aromatic N) is 2. The number of amides is 1. The first-order valence-electron chi connectivity index (χ1n) is 5.17. The molecule has 0 spiro atoms. The highest BCUT2D eigenvalue weighted by Gasteiger charge is 2.11. The zero-order valence-corrected chi connectivity index (χ0v) is 9.27. The molecule has 0 saturated carbocycles. The normalized spacial score (nSPS) is 9.78. The predicted molar refractivity (Wildman–Crippen MR) is 62.0 cm³/mol. The summed E-state index contributed by atoms with van der Waals surface area (Å²) < 4.78 is 13.3. The Labute approximate surface area is 102 Å². The van der Waals surface area contributed by atoms with Crippen LogP contribution in [0.3, 0.4) is 0 Å². The van der Waals surface area contributed by atoms with E-state index in [-0.39, 0.29) is 17.8 Å². The van der Waals surface area contributed by atoms with Crippen LogP contribution in [0, 0.1) is 17.1 Å². The average molecular weight is 244 g/mol. The lowest BCUT2D eigenvalue weighted by Gasteiger charge is -2.04. The van der Waals surface area contributed by atoms with Crippen LogP contribution in [-0.4, -0.2) is 16.1 Å². The van der Waals surface area contributed by atoms with E-state index in [2.05, 4.69) is 15.5 Å². The summed E-state index contributed by atoms with van der Waals surface area (Å²) >= 11 is 0. The largest absolute Gasteiger partial charge is 0.310 e. The molecule has 0 saturated heterocycles. The lowest BCUT2D eigenvalue weighted by Crippen LogP contribution is -2.16. The van der Waals surface area contributed by atoms with Crippen LogP contribution in [0.1, 0.15) is 11.1 Å². The number of aromatic amines is 1. The third kappa shape index (κ3) is 2.52. The predicted octanol–water partition coefficient (Wildman–Crippen LogP) is 1.60. The molecule has 2 aromatic rings. The number of hydrogen-bond donors (Lipinski definition) is 2. The number of benzene rings is 1. The molecule has 0 radical (unpaired) electrons. The molecule has 0 aliphatic heterocycles. The third-order valence-corrected chi connectivity index (χ3v) is 2.33. The Morgan fingerprint density at radius 3 is 3.00 bits per heavy atom. The van der Waals surface area contributed by atoms with Gasteiger partial charge in [0.15, 0.2) is 0 Å². The maximum atomic E-state index is 13.3. The number of carbonyl (C=O) groups is 1. The molecule has 1 heterocycles. The first kappa shape index (κ1) is 11.8. The quantitative estimate of drug-likeness (QED) is 0.860. The number of nitriles is 1. The summed E-state index contributed by atoms with van der Waals surface area (Å²) in [6.45, 7) is 0. The zero-order chi connectivity index (χ0) is 13.0. The second kappa shape index (κ2) is 5.10. The fourth-order valence-electron chi connectivity index (χ4n) is 1.46. The van der Waals surface area contributed by atoms with Crippen LogP contribution in [-0.2, 0) is 11.2 Å². The van der Waals surface area contributed by atoms with E-state index in [1.807, 2.05) is 6.07 Å². The van der Waals surface area contributed by atoms with Gasteiger partial charge in [-0.3, -0.25) is 9.89 Å². The van der Waals surface area contributed by atoms with Gasteiger partial charge in [0.1, 0.15) is 23.3 Å². The van der Waals surface area contributed by atoms with Gasteiger partial charge < -0.3 is 5.32 Å². The molecule has 0 bridgehead atoms. The van der Waals surface area contributed by atoms with Crippen LogP contribution >= 0.6 is 0 Å².